The van der Waals surface area contributed by atoms with E-state index in [1.807, 2.05) is 6.92 Å². The maximum Gasteiger partial charge on any atom is 0.320 e. The fourth-order valence-corrected chi connectivity index (χ4v) is 7.63. The number of hydrogen-bond acceptors (Lipinski definition) is 7. The molecule has 7 nitrogen and oxygen atoms in total. The van der Waals surface area contributed by atoms with Crippen molar-refractivity contribution in [3.05, 3.63) is 0 Å². The van der Waals surface area contributed by atoms with Crippen molar-refractivity contribution < 1.29 is 33.4 Å². The average Bonchev–Trinajstić information content (AvgIpc) is 3.09. The molecule has 0 N–H and O–H groups in total. The van der Waals surface area contributed by atoms with Crippen molar-refractivity contribution in [3.63, 3.8) is 0 Å². The third-order valence-corrected chi connectivity index (χ3v) is 8.70. The highest BCUT2D eigenvalue weighted by atomic mass is 16.7. The molecule has 7 heteroatoms. The lowest BCUT2D eigenvalue weighted by Gasteiger charge is -2.60. The molecule has 158 valence electrons. The van der Waals surface area contributed by atoms with Crippen molar-refractivity contribution in [2.45, 2.75) is 65.8 Å². The fraction of sp³-hybridized carbons (Fsp3) is 0.818. The zero-order chi connectivity index (χ0) is 20.9. The maximum atomic E-state index is 13.5. The van der Waals surface area contributed by atoms with Crippen molar-refractivity contribution in [3.8, 4) is 0 Å². The molecule has 5 aliphatic rings. The molecule has 2 spiro atoms. The van der Waals surface area contributed by atoms with Crippen molar-refractivity contribution in [1.29, 1.82) is 0 Å². The minimum Gasteiger partial charge on any atom is -0.461 e. The highest BCUT2D eigenvalue weighted by Crippen LogP contribution is 2.70. The molecule has 2 aliphatic heterocycles. The number of carbonyl (C=O) groups is 4. The van der Waals surface area contributed by atoms with E-state index in [9.17, 15) is 19.2 Å². The van der Waals surface area contributed by atoms with Crippen LogP contribution in [0, 0.1) is 39.9 Å². The summed E-state index contributed by atoms with van der Waals surface area (Å²) in [6.07, 6.45) is 0.735. The van der Waals surface area contributed by atoms with E-state index in [2.05, 4.69) is 13.8 Å². The SMILES string of the molecule is CC(=O)OC1OCC23C(CCC(C)(C)C12)OC(=O)C12CC(CC(=O)C13)C(C)C2=O. The zero-order valence-corrected chi connectivity index (χ0v) is 17.4. The van der Waals surface area contributed by atoms with Crippen LogP contribution in [0.15, 0.2) is 0 Å². The Hall–Kier alpha value is -1.76. The van der Waals surface area contributed by atoms with Crippen molar-refractivity contribution in [2.24, 2.45) is 39.9 Å². The molecule has 3 saturated carbocycles. The summed E-state index contributed by atoms with van der Waals surface area (Å²) >= 11 is 0. The van der Waals surface area contributed by atoms with Gasteiger partial charge in [0.25, 0.3) is 0 Å². The molecule has 2 heterocycles. The Kier molecular flexibility index (Phi) is 3.77. The maximum absolute atomic E-state index is 13.5. The highest BCUT2D eigenvalue weighted by Gasteiger charge is 2.80. The monoisotopic (exact) mass is 404 g/mol. The van der Waals surface area contributed by atoms with E-state index in [0.29, 0.717) is 19.3 Å². The molecule has 8 unspecified atom stereocenters. The van der Waals surface area contributed by atoms with Gasteiger partial charge in [-0.15, -0.1) is 0 Å². The number of ketones is 2. The molecular weight excluding hydrogens is 376 g/mol. The van der Waals surface area contributed by atoms with E-state index < -0.39 is 41.1 Å². The summed E-state index contributed by atoms with van der Waals surface area (Å²) in [6.45, 7) is 7.48. The van der Waals surface area contributed by atoms with Gasteiger partial charge in [0.2, 0.25) is 6.29 Å². The Morgan fingerprint density at radius 2 is 1.93 bits per heavy atom. The number of fused-ring (bicyclic) bond motifs is 1. The average molecular weight is 404 g/mol. The summed E-state index contributed by atoms with van der Waals surface area (Å²) in [5, 5.41) is 0. The van der Waals surface area contributed by atoms with Crippen LogP contribution >= 0.6 is 0 Å². The van der Waals surface area contributed by atoms with Gasteiger partial charge in [-0.2, -0.15) is 0 Å². The van der Waals surface area contributed by atoms with E-state index in [1.165, 1.54) is 6.92 Å². The predicted molar refractivity (Wildman–Crippen MR) is 98.1 cm³/mol. The van der Waals surface area contributed by atoms with E-state index in [1.54, 1.807) is 0 Å². The van der Waals surface area contributed by atoms with Crippen LogP contribution in [-0.4, -0.2) is 42.5 Å². The van der Waals surface area contributed by atoms with Crippen LogP contribution in [0.5, 0.6) is 0 Å². The standard InChI is InChI=1S/C22H28O7/c1-10-12-7-13(24)15-21(8-12,17(10)25)19(26)29-14-5-6-20(3,4)16-18(28-11(2)23)27-9-22(14,15)16/h10,12,14-16,18H,5-9H2,1-4H3. The Labute approximate surface area is 169 Å². The quantitative estimate of drug-likeness (QED) is 0.487. The molecule has 3 aliphatic carbocycles. The first-order valence-electron chi connectivity index (χ1n) is 10.6. The predicted octanol–water partition coefficient (Wildman–Crippen LogP) is 2.05. The van der Waals surface area contributed by atoms with E-state index >= 15 is 0 Å². The first-order chi connectivity index (χ1) is 13.6. The number of rotatable bonds is 1. The Bertz CT molecular complexity index is 831. The third kappa shape index (κ3) is 2.12. The van der Waals surface area contributed by atoms with Gasteiger partial charge in [-0.1, -0.05) is 20.8 Å². The van der Waals surface area contributed by atoms with E-state index in [0.717, 1.165) is 6.42 Å². The molecule has 29 heavy (non-hydrogen) atoms. The molecule has 8 atom stereocenters. The Morgan fingerprint density at radius 1 is 1.21 bits per heavy atom. The second kappa shape index (κ2) is 5.68. The first kappa shape index (κ1) is 19.2. The van der Waals surface area contributed by atoms with Gasteiger partial charge in [0.1, 0.15) is 17.3 Å². The van der Waals surface area contributed by atoms with Crippen molar-refractivity contribution in [1.82, 2.24) is 0 Å². The van der Waals surface area contributed by atoms with Crippen molar-refractivity contribution >= 4 is 23.5 Å². The number of carbonyl (C=O) groups excluding carboxylic acids is 4. The van der Waals surface area contributed by atoms with Crippen LogP contribution in [0.3, 0.4) is 0 Å². The molecular formula is C22H28O7. The van der Waals surface area contributed by atoms with Crippen LogP contribution in [0.2, 0.25) is 0 Å². The molecule has 5 fully saturated rings. The zero-order valence-electron chi connectivity index (χ0n) is 17.4. The number of hydrogen-bond donors (Lipinski definition) is 0. The summed E-state index contributed by atoms with van der Waals surface area (Å²) in [4.78, 5) is 51.9. The summed E-state index contributed by atoms with van der Waals surface area (Å²) < 4.78 is 17.5. The van der Waals surface area contributed by atoms with E-state index in [4.69, 9.17) is 14.2 Å². The van der Waals surface area contributed by atoms with Gasteiger partial charge in [-0.25, -0.2) is 0 Å². The number of ether oxygens (including phenoxy) is 3. The Morgan fingerprint density at radius 3 is 2.62 bits per heavy atom. The van der Waals surface area contributed by atoms with Crippen LogP contribution in [0.25, 0.3) is 0 Å². The number of Topliss-reactive ketones (excluding diaryl/α,β-unsaturated/α-hetero) is 2. The summed E-state index contributed by atoms with van der Waals surface area (Å²) in [6, 6.07) is 0. The molecule has 0 aromatic heterocycles. The summed E-state index contributed by atoms with van der Waals surface area (Å²) in [5.41, 5.74) is -2.55. The topological polar surface area (TPSA) is 96.0 Å². The minimum absolute atomic E-state index is 0.0321. The molecule has 2 bridgehead atoms. The van der Waals surface area contributed by atoms with Crippen LogP contribution in [-0.2, 0) is 33.4 Å². The lowest BCUT2D eigenvalue weighted by molar-refractivity contribution is -0.235. The second-order valence-corrected chi connectivity index (χ2v) is 10.5. The highest BCUT2D eigenvalue weighted by molar-refractivity contribution is 6.13. The van der Waals surface area contributed by atoms with Gasteiger partial charge in [0.15, 0.2) is 5.78 Å². The first-order valence-corrected chi connectivity index (χ1v) is 10.6. The van der Waals surface area contributed by atoms with Gasteiger partial charge in [0.05, 0.1) is 17.9 Å². The smallest absolute Gasteiger partial charge is 0.320 e. The largest absolute Gasteiger partial charge is 0.461 e. The molecule has 5 rings (SSSR count). The third-order valence-electron chi connectivity index (χ3n) is 8.70. The molecule has 0 aromatic rings. The van der Waals surface area contributed by atoms with E-state index in [-0.39, 0.29) is 41.3 Å². The van der Waals surface area contributed by atoms with Gasteiger partial charge < -0.3 is 14.2 Å². The van der Waals surface area contributed by atoms with Gasteiger partial charge in [-0.05, 0) is 30.6 Å². The minimum atomic E-state index is -1.41. The molecule has 0 radical (unpaired) electrons. The number of esters is 2. The van der Waals surface area contributed by atoms with Crippen LogP contribution in [0.1, 0.15) is 53.4 Å². The lowest BCUT2D eigenvalue weighted by atomic mass is 9.44. The summed E-state index contributed by atoms with van der Waals surface area (Å²) in [7, 11) is 0. The van der Waals surface area contributed by atoms with Gasteiger partial charge in [-0.3, -0.25) is 19.2 Å². The fourth-order valence-electron chi connectivity index (χ4n) is 7.63. The molecule has 0 amide bonds. The molecule has 0 aromatic carbocycles. The molecule has 2 saturated heterocycles. The van der Waals surface area contributed by atoms with Crippen LogP contribution in [0.4, 0.5) is 0 Å². The lowest BCUT2D eigenvalue weighted by Crippen LogP contribution is -2.70. The normalized spacial score (nSPS) is 49.7. The van der Waals surface area contributed by atoms with Crippen molar-refractivity contribution in [2.75, 3.05) is 6.61 Å². The van der Waals surface area contributed by atoms with Gasteiger partial charge >= 0.3 is 11.9 Å². The van der Waals surface area contributed by atoms with Crippen LogP contribution < -0.4 is 0 Å². The second-order valence-electron chi connectivity index (χ2n) is 10.5. The Balaban J connectivity index is 1.71. The summed E-state index contributed by atoms with van der Waals surface area (Å²) in [5.74, 6) is -2.69. The van der Waals surface area contributed by atoms with Gasteiger partial charge in [0, 0.05) is 25.2 Å².